The van der Waals surface area contributed by atoms with Crippen LogP contribution in [0, 0.1) is 5.82 Å². The highest BCUT2D eigenvalue weighted by Crippen LogP contribution is 2.45. The summed E-state index contributed by atoms with van der Waals surface area (Å²) >= 11 is 0. The van der Waals surface area contributed by atoms with Crippen molar-refractivity contribution in [3.63, 3.8) is 0 Å². The first-order valence-corrected chi connectivity index (χ1v) is 7.16. The Morgan fingerprint density at radius 2 is 1.91 bits per heavy atom. The van der Waals surface area contributed by atoms with Crippen LogP contribution in [0.1, 0.15) is 19.4 Å². The minimum Gasteiger partial charge on any atom is -0.476 e. The Balaban J connectivity index is 2.26. The quantitative estimate of drug-likeness (QED) is 0.835. The predicted molar refractivity (Wildman–Crippen MR) is 85.0 cm³/mol. The average molecular weight is 316 g/mol. The van der Waals surface area contributed by atoms with Crippen LogP contribution in [0.5, 0.6) is 5.75 Å². The molecular weight excluding hydrogens is 299 g/mol. The Hall–Kier alpha value is -2.60. The van der Waals surface area contributed by atoms with E-state index in [9.17, 15) is 14.3 Å². The molecule has 0 spiro atoms. The number of ether oxygens (including phenoxy) is 1. The molecule has 0 fully saturated rings. The molecule has 1 heterocycles. The summed E-state index contributed by atoms with van der Waals surface area (Å²) in [5.41, 5.74) is 6.55. The van der Waals surface area contributed by atoms with Crippen molar-refractivity contribution in [3.05, 3.63) is 47.8 Å². The number of nitrogens with two attached hydrogens (primary N) is 1. The lowest BCUT2D eigenvalue weighted by molar-refractivity contribution is -0.131. The van der Waals surface area contributed by atoms with Crippen LogP contribution in [-0.4, -0.2) is 16.6 Å². The molecule has 1 aliphatic heterocycles. The van der Waals surface area contributed by atoms with Gasteiger partial charge in [-0.15, -0.1) is 0 Å². The average Bonchev–Trinajstić information content (AvgIpc) is 2.49. The first-order chi connectivity index (χ1) is 10.8. The first-order valence-electron chi connectivity index (χ1n) is 7.16. The van der Waals surface area contributed by atoms with Crippen LogP contribution in [0.4, 0.5) is 21.5 Å². The molecule has 0 bridgehead atoms. The number of carbonyl (C=O) groups excluding carboxylic acids is 1. The molecule has 5 nitrogen and oxygen atoms in total. The topological polar surface area (TPSA) is 75.8 Å². The minimum absolute atomic E-state index is 0.303. The van der Waals surface area contributed by atoms with Crippen LogP contribution in [0.15, 0.2) is 36.4 Å². The number of amides is 1. The van der Waals surface area contributed by atoms with E-state index < -0.39 is 11.4 Å². The zero-order valence-corrected chi connectivity index (χ0v) is 12.8. The van der Waals surface area contributed by atoms with Crippen LogP contribution in [-0.2, 0) is 11.4 Å². The fraction of sp³-hybridized carbons (Fsp3) is 0.235. The molecule has 2 aromatic carbocycles. The van der Waals surface area contributed by atoms with E-state index in [1.165, 1.54) is 29.2 Å². The maximum absolute atomic E-state index is 13.2. The number of anilines is 3. The standard InChI is InChI=1S/C17H17FN2O3/c1-17(2)16(22)20(13-5-3-11(18)4-6-13)15-10(9-21)7-12(19)8-14(15)23-17/h3-8,21H,9,19H2,1-2H3. The molecule has 0 atom stereocenters. The summed E-state index contributed by atoms with van der Waals surface area (Å²) in [5, 5.41) is 9.63. The fourth-order valence-electron chi connectivity index (χ4n) is 2.67. The van der Waals surface area contributed by atoms with Crippen molar-refractivity contribution >= 4 is 23.0 Å². The van der Waals surface area contributed by atoms with Crippen molar-refractivity contribution in [2.24, 2.45) is 0 Å². The van der Waals surface area contributed by atoms with Crippen LogP contribution < -0.4 is 15.4 Å². The van der Waals surface area contributed by atoms with Gasteiger partial charge in [-0.2, -0.15) is 0 Å². The number of hydrogen-bond acceptors (Lipinski definition) is 4. The van der Waals surface area contributed by atoms with Crippen molar-refractivity contribution in [3.8, 4) is 5.75 Å². The van der Waals surface area contributed by atoms with Gasteiger partial charge >= 0.3 is 0 Å². The number of nitrogens with zero attached hydrogens (tertiary/aromatic N) is 1. The van der Waals surface area contributed by atoms with Gasteiger partial charge in [0.15, 0.2) is 5.60 Å². The summed E-state index contributed by atoms with van der Waals surface area (Å²) < 4.78 is 19.0. The molecule has 23 heavy (non-hydrogen) atoms. The predicted octanol–water partition coefficient (Wildman–Crippen LogP) is 2.74. The van der Waals surface area contributed by atoms with E-state index in [2.05, 4.69) is 0 Å². The Bertz CT molecular complexity index is 772. The normalized spacial score (nSPS) is 16.0. The summed E-state index contributed by atoms with van der Waals surface area (Å²) in [6.07, 6.45) is 0. The number of fused-ring (bicyclic) bond motifs is 1. The van der Waals surface area contributed by atoms with E-state index in [1.807, 2.05) is 0 Å². The highest BCUT2D eigenvalue weighted by Gasteiger charge is 2.42. The number of nitrogen functional groups attached to an aromatic ring is 1. The third kappa shape index (κ3) is 2.51. The van der Waals surface area contributed by atoms with E-state index >= 15 is 0 Å². The van der Waals surface area contributed by atoms with Gasteiger partial charge in [0.1, 0.15) is 11.6 Å². The summed E-state index contributed by atoms with van der Waals surface area (Å²) in [6, 6.07) is 8.77. The minimum atomic E-state index is -1.11. The maximum Gasteiger partial charge on any atom is 0.275 e. The van der Waals surface area contributed by atoms with Crippen LogP contribution in [0.3, 0.4) is 0 Å². The number of benzene rings is 2. The number of rotatable bonds is 2. The smallest absolute Gasteiger partial charge is 0.275 e. The van der Waals surface area contributed by atoms with Crippen LogP contribution >= 0.6 is 0 Å². The molecule has 3 rings (SSSR count). The molecule has 0 aliphatic carbocycles. The lowest BCUT2D eigenvalue weighted by Gasteiger charge is -2.39. The Morgan fingerprint density at radius 3 is 2.52 bits per heavy atom. The molecule has 3 N–H and O–H groups in total. The van der Waals surface area contributed by atoms with Gasteiger partial charge in [-0.05, 0) is 44.2 Å². The Morgan fingerprint density at radius 1 is 1.26 bits per heavy atom. The second-order valence-electron chi connectivity index (χ2n) is 5.91. The molecule has 0 unspecified atom stereocenters. The number of hydrogen-bond donors (Lipinski definition) is 2. The summed E-state index contributed by atoms with van der Waals surface area (Å²) in [4.78, 5) is 14.3. The van der Waals surface area contributed by atoms with E-state index in [0.29, 0.717) is 28.4 Å². The van der Waals surface area contributed by atoms with Gasteiger partial charge in [0, 0.05) is 23.0 Å². The number of halogens is 1. The molecule has 1 amide bonds. The largest absolute Gasteiger partial charge is 0.476 e. The zero-order valence-electron chi connectivity index (χ0n) is 12.8. The number of carbonyl (C=O) groups is 1. The van der Waals surface area contributed by atoms with E-state index in [0.717, 1.165) is 0 Å². The van der Waals surface area contributed by atoms with Crippen molar-refractivity contribution in [1.82, 2.24) is 0 Å². The van der Waals surface area contributed by atoms with Gasteiger partial charge in [0.25, 0.3) is 5.91 Å². The van der Waals surface area contributed by atoms with Crippen molar-refractivity contribution in [1.29, 1.82) is 0 Å². The molecule has 1 aliphatic rings. The molecule has 120 valence electrons. The fourth-order valence-corrected chi connectivity index (χ4v) is 2.67. The van der Waals surface area contributed by atoms with E-state index in [4.69, 9.17) is 10.5 Å². The summed E-state index contributed by atoms with van der Waals surface area (Å²) in [7, 11) is 0. The highest BCUT2D eigenvalue weighted by molar-refractivity contribution is 6.08. The van der Waals surface area contributed by atoms with Crippen LogP contribution in [0.25, 0.3) is 0 Å². The van der Waals surface area contributed by atoms with Crippen molar-refractivity contribution in [2.75, 3.05) is 10.6 Å². The number of aliphatic hydroxyl groups excluding tert-OH is 1. The number of aliphatic hydroxyl groups is 1. The second-order valence-corrected chi connectivity index (χ2v) is 5.91. The molecule has 2 aromatic rings. The Kier molecular flexibility index (Phi) is 3.49. The summed E-state index contributed by atoms with van der Waals surface area (Å²) in [5.74, 6) is -0.298. The molecule has 0 saturated heterocycles. The SMILES string of the molecule is CC1(C)Oc2cc(N)cc(CO)c2N(c2ccc(F)cc2)C1=O. The maximum atomic E-state index is 13.2. The third-order valence-corrected chi connectivity index (χ3v) is 3.74. The van der Waals surface area contributed by atoms with Gasteiger partial charge in [0.2, 0.25) is 0 Å². The van der Waals surface area contributed by atoms with Gasteiger partial charge < -0.3 is 15.6 Å². The van der Waals surface area contributed by atoms with Crippen molar-refractivity contribution in [2.45, 2.75) is 26.1 Å². The highest BCUT2D eigenvalue weighted by atomic mass is 19.1. The van der Waals surface area contributed by atoms with Crippen LogP contribution in [0.2, 0.25) is 0 Å². The summed E-state index contributed by atoms with van der Waals surface area (Å²) in [6.45, 7) is 3.00. The monoisotopic (exact) mass is 316 g/mol. The molecule has 0 saturated carbocycles. The first kappa shape index (κ1) is 15.3. The second kappa shape index (κ2) is 5.24. The van der Waals surface area contributed by atoms with Gasteiger partial charge in [-0.25, -0.2) is 4.39 Å². The van der Waals surface area contributed by atoms with Gasteiger partial charge in [-0.3, -0.25) is 9.69 Å². The molecule has 6 heteroatoms. The lowest BCUT2D eigenvalue weighted by Crippen LogP contribution is -2.50. The molecule has 0 aromatic heterocycles. The zero-order chi connectivity index (χ0) is 16.8. The van der Waals surface area contributed by atoms with Crippen molar-refractivity contribution < 1.29 is 19.0 Å². The van der Waals surface area contributed by atoms with E-state index in [-0.39, 0.29) is 12.5 Å². The van der Waals surface area contributed by atoms with Gasteiger partial charge in [-0.1, -0.05) is 0 Å². The molecular formula is C17H17FN2O3. The van der Waals surface area contributed by atoms with Gasteiger partial charge in [0.05, 0.1) is 12.3 Å². The molecule has 0 radical (unpaired) electrons. The third-order valence-electron chi connectivity index (χ3n) is 3.74. The Labute approximate surface area is 133 Å². The van der Waals surface area contributed by atoms with E-state index in [1.54, 1.807) is 26.0 Å². The lowest BCUT2D eigenvalue weighted by atomic mass is 10.00.